The van der Waals surface area contributed by atoms with E-state index in [9.17, 15) is 0 Å². The fourth-order valence-electron chi connectivity index (χ4n) is 3.59. The van der Waals surface area contributed by atoms with Gasteiger partial charge in [0.15, 0.2) is 0 Å². The van der Waals surface area contributed by atoms with Crippen molar-refractivity contribution in [1.82, 2.24) is 4.98 Å². The van der Waals surface area contributed by atoms with Gasteiger partial charge >= 0.3 is 0 Å². The van der Waals surface area contributed by atoms with Gasteiger partial charge in [-0.05, 0) is 61.1 Å². The molecule has 4 heteroatoms. The summed E-state index contributed by atoms with van der Waals surface area (Å²) < 4.78 is 5.61. The second kappa shape index (κ2) is 8.15. The van der Waals surface area contributed by atoms with Gasteiger partial charge in [-0.1, -0.05) is 43.6 Å². The van der Waals surface area contributed by atoms with Crippen LogP contribution in [0.5, 0.6) is 5.75 Å². The van der Waals surface area contributed by atoms with Gasteiger partial charge in [0.2, 0.25) is 0 Å². The lowest BCUT2D eigenvalue weighted by Gasteiger charge is -2.10. The van der Waals surface area contributed by atoms with Gasteiger partial charge in [0.25, 0.3) is 0 Å². The van der Waals surface area contributed by atoms with Crippen LogP contribution in [0.2, 0.25) is 5.02 Å². The molecule has 138 valence electrons. The molecule has 3 nitrogen and oxygen atoms in total. The first-order valence-corrected chi connectivity index (χ1v) is 9.62. The molecule has 3 rings (SSSR count). The van der Waals surface area contributed by atoms with E-state index < -0.39 is 0 Å². The number of rotatable bonds is 7. The molecule has 0 fully saturated rings. The highest BCUT2D eigenvalue weighted by Gasteiger charge is 2.19. The van der Waals surface area contributed by atoms with Gasteiger partial charge < -0.3 is 15.5 Å². The molecule has 0 spiro atoms. The summed E-state index contributed by atoms with van der Waals surface area (Å²) >= 11 is 6.30. The minimum absolute atomic E-state index is 0.448. The Morgan fingerprint density at radius 2 is 1.96 bits per heavy atom. The SMILES string of the molecule is COc1ccc(Cl)cc1-c1[nH]c2c(C(C)C)cccc2c1CCCCN. The summed E-state index contributed by atoms with van der Waals surface area (Å²) in [5.41, 5.74) is 11.7. The van der Waals surface area contributed by atoms with E-state index in [0.29, 0.717) is 10.9 Å². The Balaban J connectivity index is 2.25. The number of H-pyrrole nitrogens is 1. The average Bonchev–Trinajstić information content (AvgIpc) is 3.00. The van der Waals surface area contributed by atoms with Crippen LogP contribution >= 0.6 is 11.6 Å². The van der Waals surface area contributed by atoms with Crippen LogP contribution in [0.3, 0.4) is 0 Å². The van der Waals surface area contributed by atoms with E-state index in [1.54, 1.807) is 7.11 Å². The van der Waals surface area contributed by atoms with Gasteiger partial charge in [0, 0.05) is 21.5 Å². The molecule has 0 atom stereocenters. The number of halogens is 1. The lowest BCUT2D eigenvalue weighted by atomic mass is 9.96. The monoisotopic (exact) mass is 370 g/mol. The molecular formula is C22H27ClN2O. The second-order valence-electron chi connectivity index (χ2n) is 6.99. The molecule has 0 aliphatic rings. The number of aryl methyl sites for hydroxylation is 1. The topological polar surface area (TPSA) is 51.0 Å². The Hall–Kier alpha value is -1.97. The number of aromatic amines is 1. The van der Waals surface area contributed by atoms with E-state index in [1.807, 2.05) is 18.2 Å². The average molecular weight is 371 g/mol. The van der Waals surface area contributed by atoms with Crippen LogP contribution in [0, 0.1) is 0 Å². The van der Waals surface area contributed by atoms with Crippen LogP contribution < -0.4 is 10.5 Å². The molecule has 0 radical (unpaired) electrons. The van der Waals surface area contributed by atoms with E-state index in [2.05, 4.69) is 37.0 Å². The molecule has 1 aromatic heterocycles. The van der Waals surface area contributed by atoms with Crippen molar-refractivity contribution in [2.75, 3.05) is 13.7 Å². The molecule has 3 N–H and O–H groups in total. The zero-order valence-electron chi connectivity index (χ0n) is 15.7. The largest absolute Gasteiger partial charge is 0.496 e. The van der Waals surface area contributed by atoms with Gasteiger partial charge in [-0.3, -0.25) is 0 Å². The number of nitrogens with one attached hydrogen (secondary N) is 1. The van der Waals surface area contributed by atoms with Crippen molar-refractivity contribution >= 4 is 22.5 Å². The summed E-state index contributed by atoms with van der Waals surface area (Å²) in [6.45, 7) is 5.17. The summed E-state index contributed by atoms with van der Waals surface area (Å²) in [6, 6.07) is 12.3. The number of nitrogens with two attached hydrogens (primary N) is 1. The number of ether oxygens (including phenoxy) is 1. The minimum Gasteiger partial charge on any atom is -0.496 e. The summed E-state index contributed by atoms with van der Waals surface area (Å²) in [6.07, 6.45) is 3.05. The van der Waals surface area contributed by atoms with E-state index >= 15 is 0 Å². The summed E-state index contributed by atoms with van der Waals surface area (Å²) in [4.78, 5) is 3.69. The molecule has 0 aliphatic carbocycles. The highest BCUT2D eigenvalue weighted by molar-refractivity contribution is 6.31. The van der Waals surface area contributed by atoms with Crippen molar-refractivity contribution in [3.05, 3.63) is 52.5 Å². The molecular weight excluding hydrogens is 344 g/mol. The van der Waals surface area contributed by atoms with Crippen molar-refractivity contribution in [2.45, 2.75) is 39.0 Å². The number of benzene rings is 2. The highest BCUT2D eigenvalue weighted by Crippen LogP contribution is 2.39. The number of para-hydroxylation sites is 1. The first-order valence-electron chi connectivity index (χ1n) is 9.24. The van der Waals surface area contributed by atoms with Gasteiger partial charge in [0.05, 0.1) is 12.8 Å². The zero-order chi connectivity index (χ0) is 18.7. The van der Waals surface area contributed by atoms with Crippen molar-refractivity contribution in [1.29, 1.82) is 0 Å². The smallest absolute Gasteiger partial charge is 0.128 e. The van der Waals surface area contributed by atoms with Crippen LogP contribution in [0.1, 0.15) is 43.7 Å². The third-order valence-electron chi connectivity index (χ3n) is 4.91. The molecule has 3 aromatic rings. The van der Waals surface area contributed by atoms with Crippen molar-refractivity contribution in [3.8, 4) is 17.0 Å². The number of unbranched alkanes of at least 4 members (excludes halogenated alkanes) is 1. The van der Waals surface area contributed by atoms with Crippen LogP contribution in [0.4, 0.5) is 0 Å². The fraction of sp³-hybridized carbons (Fsp3) is 0.364. The lowest BCUT2D eigenvalue weighted by Crippen LogP contribution is -1.99. The maximum absolute atomic E-state index is 6.30. The van der Waals surface area contributed by atoms with Gasteiger partial charge in [-0.15, -0.1) is 0 Å². The number of fused-ring (bicyclic) bond motifs is 1. The predicted molar refractivity (Wildman–Crippen MR) is 111 cm³/mol. The maximum atomic E-state index is 6.30. The zero-order valence-corrected chi connectivity index (χ0v) is 16.5. The van der Waals surface area contributed by atoms with E-state index in [1.165, 1.54) is 22.0 Å². The molecule has 0 unspecified atom stereocenters. The molecule has 26 heavy (non-hydrogen) atoms. The lowest BCUT2D eigenvalue weighted by molar-refractivity contribution is 0.416. The third kappa shape index (κ3) is 3.60. The first kappa shape index (κ1) is 18.8. The van der Waals surface area contributed by atoms with Crippen LogP contribution in [-0.4, -0.2) is 18.6 Å². The van der Waals surface area contributed by atoms with Crippen molar-refractivity contribution < 1.29 is 4.74 Å². The summed E-state index contributed by atoms with van der Waals surface area (Å²) in [5, 5.41) is 1.99. The summed E-state index contributed by atoms with van der Waals surface area (Å²) in [5.74, 6) is 1.27. The number of aromatic nitrogens is 1. The molecule has 2 aromatic carbocycles. The molecule has 0 saturated carbocycles. The Bertz CT molecular complexity index is 899. The van der Waals surface area contributed by atoms with Gasteiger partial charge in [-0.2, -0.15) is 0 Å². The quantitative estimate of drug-likeness (QED) is 0.508. The molecule has 1 heterocycles. The van der Waals surface area contributed by atoms with Crippen molar-refractivity contribution in [2.24, 2.45) is 5.73 Å². The molecule has 0 bridgehead atoms. The summed E-state index contributed by atoms with van der Waals surface area (Å²) in [7, 11) is 1.70. The molecule has 0 aliphatic heterocycles. The molecule has 0 saturated heterocycles. The maximum Gasteiger partial charge on any atom is 0.128 e. The fourth-order valence-corrected chi connectivity index (χ4v) is 3.76. The van der Waals surface area contributed by atoms with Crippen LogP contribution in [0.25, 0.3) is 22.2 Å². The molecule has 0 amide bonds. The highest BCUT2D eigenvalue weighted by atomic mass is 35.5. The Labute approximate surface area is 160 Å². The number of methoxy groups -OCH3 is 1. The van der Waals surface area contributed by atoms with Gasteiger partial charge in [-0.25, -0.2) is 0 Å². The Morgan fingerprint density at radius 3 is 2.65 bits per heavy atom. The number of hydrogen-bond acceptors (Lipinski definition) is 2. The van der Waals surface area contributed by atoms with Gasteiger partial charge in [0.1, 0.15) is 5.75 Å². The van der Waals surface area contributed by atoms with Crippen LogP contribution in [-0.2, 0) is 6.42 Å². The van der Waals surface area contributed by atoms with Crippen molar-refractivity contribution in [3.63, 3.8) is 0 Å². The Kier molecular flexibility index (Phi) is 5.90. The normalized spacial score (nSPS) is 11.5. The minimum atomic E-state index is 0.448. The van der Waals surface area contributed by atoms with E-state index in [0.717, 1.165) is 42.8 Å². The predicted octanol–water partition coefficient (Wildman–Crippen LogP) is 5.90. The Morgan fingerprint density at radius 1 is 1.15 bits per heavy atom. The second-order valence-corrected chi connectivity index (χ2v) is 7.43. The standard InChI is InChI=1S/C22H27ClN2O/c1-14(2)16-8-6-9-18-17(7-4-5-12-24)22(25-21(16)18)19-13-15(23)10-11-20(19)26-3/h6,8-11,13-14,25H,4-5,7,12,24H2,1-3H3. The number of hydrogen-bond donors (Lipinski definition) is 2. The first-order chi connectivity index (χ1) is 12.6. The third-order valence-corrected chi connectivity index (χ3v) is 5.14. The van der Waals surface area contributed by atoms with Crippen LogP contribution in [0.15, 0.2) is 36.4 Å². The van der Waals surface area contributed by atoms with E-state index in [4.69, 9.17) is 22.1 Å². The van der Waals surface area contributed by atoms with E-state index in [-0.39, 0.29) is 0 Å².